The zero-order chi connectivity index (χ0) is 42.0. The van der Waals surface area contributed by atoms with Gasteiger partial charge in [-0.3, -0.25) is 4.99 Å². The number of fused-ring (bicyclic) bond motifs is 4. The van der Waals surface area contributed by atoms with Gasteiger partial charge in [-0.1, -0.05) is 146 Å². The van der Waals surface area contributed by atoms with E-state index in [1.165, 1.54) is 38.4 Å². The minimum Gasteiger partial charge on any atom is -0.481 e. The van der Waals surface area contributed by atoms with Gasteiger partial charge in [0.1, 0.15) is 0 Å². The number of allylic oxidation sites excluding steroid dienone is 10. The highest BCUT2D eigenvalue weighted by atomic mass is 16.5. The third-order valence-electron chi connectivity index (χ3n) is 11.2. The first-order valence-electron chi connectivity index (χ1n) is 20.8. The molecule has 1 aliphatic carbocycles. The lowest BCUT2D eigenvalue weighted by Gasteiger charge is -2.14. The predicted molar refractivity (Wildman–Crippen MR) is 264 cm³/mol. The Morgan fingerprint density at radius 1 is 0.803 bits per heavy atom. The lowest BCUT2D eigenvalue weighted by atomic mass is 9.90. The van der Waals surface area contributed by atoms with Crippen LogP contribution in [0.5, 0.6) is 0 Å². The topological polar surface area (TPSA) is 34.0 Å². The van der Waals surface area contributed by atoms with Crippen molar-refractivity contribution >= 4 is 69.1 Å². The van der Waals surface area contributed by atoms with E-state index in [1.807, 2.05) is 19.2 Å². The first-order valence-corrected chi connectivity index (χ1v) is 20.8. The molecule has 2 aliphatic rings. The van der Waals surface area contributed by atoms with Crippen molar-refractivity contribution in [2.75, 3.05) is 13.7 Å². The average molecular weight is 789 g/mol. The molecular weight excluding hydrogens is 741 g/mol. The van der Waals surface area contributed by atoms with Crippen LogP contribution in [0.2, 0.25) is 0 Å². The minimum atomic E-state index is 0.475. The van der Waals surface area contributed by atoms with E-state index in [4.69, 9.17) is 16.2 Å². The van der Waals surface area contributed by atoms with Crippen molar-refractivity contribution in [1.29, 1.82) is 0 Å². The summed E-state index contributed by atoms with van der Waals surface area (Å²) in [5, 5.41) is 4.74. The van der Waals surface area contributed by atoms with Gasteiger partial charge >= 0.3 is 0 Å². The molecule has 0 radical (unpaired) electrons. The van der Waals surface area contributed by atoms with Gasteiger partial charge in [0.15, 0.2) is 0 Å². The second-order valence-corrected chi connectivity index (χ2v) is 14.9. The van der Waals surface area contributed by atoms with Crippen molar-refractivity contribution in [3.05, 3.63) is 214 Å². The van der Waals surface area contributed by atoms with Crippen LogP contribution in [0.3, 0.4) is 0 Å². The van der Waals surface area contributed by atoms with Gasteiger partial charge in [-0.15, -0.1) is 12.3 Å². The second kappa shape index (κ2) is 19.0. The summed E-state index contributed by atoms with van der Waals surface area (Å²) in [5.41, 5.74) is 14.1. The number of aliphatic imine (C=N–C) groups is 2. The first kappa shape index (κ1) is 40.2. The van der Waals surface area contributed by atoms with E-state index in [2.05, 4.69) is 200 Å². The Hall–Kier alpha value is -7.54. The summed E-state index contributed by atoms with van der Waals surface area (Å²) in [6.07, 6.45) is 37.3. The number of terminal acetylenes is 1. The number of hydrogen-bond acceptors (Lipinski definition) is 3. The van der Waals surface area contributed by atoms with Gasteiger partial charge in [-0.25, -0.2) is 4.99 Å². The number of rotatable bonds is 10. The lowest BCUT2D eigenvalue weighted by molar-refractivity contribution is 0.404. The van der Waals surface area contributed by atoms with Crippen LogP contribution in [0.4, 0.5) is 0 Å². The van der Waals surface area contributed by atoms with E-state index in [9.17, 15) is 0 Å². The molecule has 0 N–H and O–H groups in total. The monoisotopic (exact) mass is 788 g/mol. The third-order valence-corrected chi connectivity index (χ3v) is 11.2. The van der Waals surface area contributed by atoms with Crippen molar-refractivity contribution in [2.24, 2.45) is 9.98 Å². The van der Waals surface area contributed by atoms with Crippen molar-refractivity contribution in [3.8, 4) is 23.5 Å². The fraction of sp³-hybridized carbons (Fsp3) is 0.103. The highest BCUT2D eigenvalue weighted by Gasteiger charge is 2.15. The zero-order valence-electron chi connectivity index (χ0n) is 35.0. The lowest BCUT2D eigenvalue weighted by Crippen LogP contribution is -2.04. The summed E-state index contributed by atoms with van der Waals surface area (Å²) in [4.78, 5) is 9.60. The largest absolute Gasteiger partial charge is 0.481 e. The van der Waals surface area contributed by atoms with Crippen LogP contribution < -0.4 is 0 Å². The van der Waals surface area contributed by atoms with E-state index in [1.54, 1.807) is 7.11 Å². The summed E-state index contributed by atoms with van der Waals surface area (Å²) in [6, 6.07) is 38.7. The zero-order valence-corrected chi connectivity index (χ0v) is 35.0. The molecule has 1 aliphatic heterocycles. The fourth-order valence-corrected chi connectivity index (χ4v) is 8.17. The predicted octanol–water partition coefficient (Wildman–Crippen LogP) is 14.4. The molecule has 6 aromatic rings. The van der Waals surface area contributed by atoms with E-state index in [0.29, 0.717) is 18.9 Å². The second-order valence-electron chi connectivity index (χ2n) is 14.9. The molecule has 0 saturated heterocycles. The van der Waals surface area contributed by atoms with Gasteiger partial charge in [0.05, 0.1) is 19.4 Å². The molecule has 0 saturated carbocycles. The van der Waals surface area contributed by atoms with Crippen LogP contribution in [0.25, 0.3) is 68.1 Å². The molecule has 3 heteroatoms. The molecule has 3 nitrogen and oxygen atoms in total. The number of ether oxygens (including phenoxy) is 1. The highest BCUT2D eigenvalue weighted by Crippen LogP contribution is 2.35. The van der Waals surface area contributed by atoms with Crippen LogP contribution in [0, 0.1) is 12.3 Å². The third kappa shape index (κ3) is 8.91. The first-order chi connectivity index (χ1) is 30.1. The van der Waals surface area contributed by atoms with Gasteiger partial charge < -0.3 is 4.74 Å². The Kier molecular flexibility index (Phi) is 12.6. The van der Waals surface area contributed by atoms with Crippen LogP contribution in [-0.4, -0.2) is 25.8 Å². The summed E-state index contributed by atoms with van der Waals surface area (Å²) in [7, 11) is 1.68. The Morgan fingerprint density at radius 3 is 2.28 bits per heavy atom. The molecule has 0 bridgehead atoms. The van der Waals surface area contributed by atoms with Crippen LogP contribution in [-0.2, 0) is 11.2 Å². The molecular formula is C58H48N2O. The molecule has 8 rings (SSSR count). The van der Waals surface area contributed by atoms with Gasteiger partial charge in [-0.2, -0.15) is 0 Å². The molecule has 0 aromatic heterocycles. The molecule has 0 unspecified atom stereocenters. The molecule has 0 amide bonds. The van der Waals surface area contributed by atoms with Gasteiger partial charge in [0, 0.05) is 18.2 Å². The van der Waals surface area contributed by atoms with Crippen LogP contribution in [0.1, 0.15) is 64.8 Å². The van der Waals surface area contributed by atoms with Gasteiger partial charge in [-0.05, 0) is 146 Å². The SMILES string of the molecule is C#CCc1c(/C=C(/C=C\C(=C/C)c2cc3c(c4ccccc24)C=CCC=C3)N=C(OC)c2ccc(-c3ccc(C4=CCN=CC=C4)cc3)cc2)cc2ccccc2c1/C=C\C. The van der Waals surface area contributed by atoms with Crippen molar-refractivity contribution < 1.29 is 4.74 Å². The molecule has 6 aromatic carbocycles. The van der Waals surface area contributed by atoms with Crippen LogP contribution in [0.15, 0.2) is 180 Å². The maximum absolute atomic E-state index is 6.08. The van der Waals surface area contributed by atoms with Crippen LogP contribution >= 0.6 is 0 Å². The number of nitrogens with zero attached hydrogens (tertiary/aromatic N) is 2. The summed E-state index contributed by atoms with van der Waals surface area (Å²) in [6.45, 7) is 4.82. The summed E-state index contributed by atoms with van der Waals surface area (Å²) in [5.74, 6) is 3.44. The Bertz CT molecular complexity index is 2970. The van der Waals surface area contributed by atoms with E-state index >= 15 is 0 Å². The fourth-order valence-electron chi connectivity index (χ4n) is 8.17. The smallest absolute Gasteiger partial charge is 0.220 e. The van der Waals surface area contributed by atoms with E-state index in [0.717, 1.165) is 62.0 Å². The molecule has 1 heterocycles. The number of hydrogen-bond donors (Lipinski definition) is 0. The minimum absolute atomic E-state index is 0.475. The van der Waals surface area contributed by atoms with Crippen molar-refractivity contribution in [2.45, 2.75) is 26.7 Å². The molecule has 0 fully saturated rings. The molecule has 296 valence electrons. The Labute approximate surface area is 360 Å². The quantitative estimate of drug-likeness (QED) is 0.0589. The Morgan fingerprint density at radius 2 is 1.52 bits per heavy atom. The van der Waals surface area contributed by atoms with Gasteiger partial charge in [0.2, 0.25) is 5.90 Å². The summed E-state index contributed by atoms with van der Waals surface area (Å²) < 4.78 is 6.08. The van der Waals surface area contributed by atoms with E-state index in [-0.39, 0.29) is 0 Å². The molecule has 61 heavy (non-hydrogen) atoms. The van der Waals surface area contributed by atoms with Crippen molar-refractivity contribution in [1.82, 2.24) is 0 Å². The maximum Gasteiger partial charge on any atom is 0.220 e. The maximum atomic E-state index is 6.08. The van der Waals surface area contributed by atoms with Crippen molar-refractivity contribution in [3.63, 3.8) is 0 Å². The molecule has 0 atom stereocenters. The number of benzene rings is 6. The standard InChI is InChI=1S/C58H48N2O/c1-5-16-51-49(38-47-19-11-12-22-52(47)54(51)17-6-2)39-50(34-33-41(7-3)57-40-48-18-9-8-10-21-53(48)55-23-13-14-24-56(55)57)60-58(61-4)46-31-29-45(30-32-46)44-27-25-43(26-28-44)42-20-15-36-59-37-35-42/h1,6-7,9-15,17-36,38-40H,8,16,37H2,2-4H3/b17-6-,34-33-,41-7+,50-39-,60-58?. The summed E-state index contributed by atoms with van der Waals surface area (Å²) >= 11 is 0. The van der Waals surface area contributed by atoms with Gasteiger partial charge in [0.25, 0.3) is 0 Å². The highest BCUT2D eigenvalue weighted by molar-refractivity contribution is 6.03. The molecule has 0 spiro atoms. The Balaban J connectivity index is 1.22. The van der Waals surface area contributed by atoms with E-state index < -0.39 is 0 Å². The number of methoxy groups -OCH3 is 1. The normalized spacial score (nSPS) is 14.4. The average Bonchev–Trinajstić information content (AvgIpc) is 3.74.